The molecule has 2 heterocycles. The quantitative estimate of drug-likeness (QED) is 0.607. The van der Waals surface area contributed by atoms with Crippen LogP contribution in [-0.2, 0) is 9.53 Å². The van der Waals surface area contributed by atoms with E-state index in [1.54, 1.807) is 23.6 Å². The summed E-state index contributed by atoms with van der Waals surface area (Å²) in [5.41, 5.74) is 2.35. The Morgan fingerprint density at radius 1 is 1.17 bits per heavy atom. The Labute approximate surface area is 175 Å². The van der Waals surface area contributed by atoms with Gasteiger partial charge in [-0.25, -0.2) is 9.79 Å². The van der Waals surface area contributed by atoms with E-state index in [0.717, 1.165) is 11.1 Å². The Morgan fingerprint density at radius 3 is 2.52 bits per heavy atom. The van der Waals surface area contributed by atoms with Gasteiger partial charge in [0, 0.05) is 5.02 Å². The molecule has 0 radical (unpaired) electrons. The molecule has 29 heavy (non-hydrogen) atoms. The molecule has 0 saturated heterocycles. The summed E-state index contributed by atoms with van der Waals surface area (Å²) in [6.45, 7) is 1.75. The minimum atomic E-state index is -0.631. The Hall–Kier alpha value is -2.96. The van der Waals surface area contributed by atoms with E-state index in [4.69, 9.17) is 16.3 Å². The second kappa shape index (κ2) is 7.81. The SMILES string of the molecule is COC(=O)C1=C(C)N=c2s/c(=C\c3ccccc3)c(=O)n2C1c1ccc(Cl)cc1. The minimum Gasteiger partial charge on any atom is -0.466 e. The van der Waals surface area contributed by atoms with Gasteiger partial charge in [0.2, 0.25) is 0 Å². The number of carbonyl (C=O) groups excluding carboxylic acids is 1. The fourth-order valence-corrected chi connectivity index (χ4v) is 4.53. The second-order valence-electron chi connectivity index (χ2n) is 6.54. The number of nitrogens with zero attached hydrogens (tertiary/aromatic N) is 2. The van der Waals surface area contributed by atoms with Crippen molar-refractivity contribution in [3.05, 3.63) is 102 Å². The third kappa shape index (κ3) is 3.57. The van der Waals surface area contributed by atoms with Crippen LogP contribution in [0.25, 0.3) is 6.08 Å². The number of allylic oxidation sites excluding steroid dienone is 1. The van der Waals surface area contributed by atoms with E-state index in [2.05, 4.69) is 4.99 Å². The summed E-state index contributed by atoms with van der Waals surface area (Å²) in [6.07, 6.45) is 1.83. The van der Waals surface area contributed by atoms with Crippen LogP contribution in [0.1, 0.15) is 24.1 Å². The molecule has 1 aliphatic heterocycles. The predicted octanol–water partition coefficient (Wildman–Crippen LogP) is 3.06. The van der Waals surface area contributed by atoms with Gasteiger partial charge in [0.1, 0.15) is 0 Å². The second-order valence-corrected chi connectivity index (χ2v) is 7.98. The van der Waals surface area contributed by atoms with E-state index in [1.807, 2.05) is 48.5 Å². The molecule has 146 valence electrons. The summed E-state index contributed by atoms with van der Waals surface area (Å²) in [7, 11) is 1.32. The number of rotatable bonds is 3. The van der Waals surface area contributed by atoms with Crippen molar-refractivity contribution in [1.82, 2.24) is 4.57 Å². The number of esters is 1. The summed E-state index contributed by atoms with van der Waals surface area (Å²) in [5, 5.41) is 0.575. The van der Waals surface area contributed by atoms with Crippen molar-refractivity contribution in [3.63, 3.8) is 0 Å². The number of thiazole rings is 1. The van der Waals surface area contributed by atoms with Crippen LogP contribution >= 0.6 is 22.9 Å². The molecular formula is C22H17ClN2O3S. The summed E-state index contributed by atoms with van der Waals surface area (Å²) >= 11 is 7.34. The Kier molecular flexibility index (Phi) is 5.22. The standard InChI is InChI=1S/C22H17ClN2O3S/c1-13-18(21(27)28-2)19(15-8-10-16(23)11-9-15)25-20(26)17(29-22(25)24-13)12-14-6-4-3-5-7-14/h3-12,19H,1-2H3/b17-12-. The molecule has 2 aromatic carbocycles. The molecule has 0 amide bonds. The lowest BCUT2D eigenvalue weighted by Crippen LogP contribution is -2.39. The summed E-state index contributed by atoms with van der Waals surface area (Å²) in [4.78, 5) is 30.9. The number of fused-ring (bicyclic) bond motifs is 1. The normalized spacial score (nSPS) is 16.4. The van der Waals surface area contributed by atoms with Crippen LogP contribution in [0.3, 0.4) is 0 Å². The molecule has 0 bridgehead atoms. The first-order valence-corrected chi connectivity index (χ1v) is 10.1. The molecule has 7 heteroatoms. The van der Waals surface area contributed by atoms with Crippen molar-refractivity contribution in [3.8, 4) is 0 Å². The van der Waals surface area contributed by atoms with Crippen molar-refractivity contribution in [2.24, 2.45) is 4.99 Å². The van der Waals surface area contributed by atoms with Crippen LogP contribution in [0, 0.1) is 0 Å². The average Bonchev–Trinajstić information content (AvgIpc) is 3.02. The Bertz CT molecular complexity index is 1290. The smallest absolute Gasteiger partial charge is 0.338 e. The van der Waals surface area contributed by atoms with Gasteiger partial charge in [0.15, 0.2) is 4.80 Å². The lowest BCUT2D eigenvalue weighted by Gasteiger charge is -2.24. The maximum atomic E-state index is 13.3. The van der Waals surface area contributed by atoms with Gasteiger partial charge in [-0.3, -0.25) is 9.36 Å². The predicted molar refractivity (Wildman–Crippen MR) is 114 cm³/mol. The first-order chi connectivity index (χ1) is 14.0. The number of aromatic nitrogens is 1. The molecule has 5 nitrogen and oxygen atoms in total. The molecule has 0 aliphatic carbocycles. The van der Waals surface area contributed by atoms with Crippen molar-refractivity contribution in [2.75, 3.05) is 7.11 Å². The van der Waals surface area contributed by atoms with Gasteiger partial charge in [0.05, 0.1) is 29.0 Å². The van der Waals surface area contributed by atoms with Crippen molar-refractivity contribution in [1.29, 1.82) is 0 Å². The monoisotopic (exact) mass is 424 g/mol. The fraction of sp³-hybridized carbons (Fsp3) is 0.136. The molecule has 0 spiro atoms. The highest BCUT2D eigenvalue weighted by Gasteiger charge is 2.32. The van der Waals surface area contributed by atoms with Gasteiger partial charge >= 0.3 is 5.97 Å². The molecule has 1 unspecified atom stereocenters. The summed E-state index contributed by atoms with van der Waals surface area (Å²) in [6, 6.07) is 16.1. The number of halogens is 1. The molecule has 0 N–H and O–H groups in total. The van der Waals surface area contributed by atoms with E-state index < -0.39 is 12.0 Å². The highest BCUT2D eigenvalue weighted by Crippen LogP contribution is 2.31. The highest BCUT2D eigenvalue weighted by molar-refractivity contribution is 7.07. The van der Waals surface area contributed by atoms with Gasteiger partial charge in [-0.2, -0.15) is 0 Å². The van der Waals surface area contributed by atoms with E-state index >= 15 is 0 Å². The van der Waals surface area contributed by atoms with Gasteiger partial charge < -0.3 is 4.74 Å². The van der Waals surface area contributed by atoms with Gasteiger partial charge in [-0.15, -0.1) is 0 Å². The largest absolute Gasteiger partial charge is 0.466 e. The van der Waals surface area contributed by atoms with Crippen LogP contribution in [0.2, 0.25) is 5.02 Å². The number of hydrogen-bond acceptors (Lipinski definition) is 5. The fourth-order valence-electron chi connectivity index (χ4n) is 3.35. The van der Waals surface area contributed by atoms with Crippen LogP contribution in [0.5, 0.6) is 0 Å². The lowest BCUT2D eigenvalue weighted by atomic mass is 9.96. The van der Waals surface area contributed by atoms with Gasteiger partial charge in [-0.1, -0.05) is 65.4 Å². The van der Waals surface area contributed by atoms with Crippen molar-refractivity contribution in [2.45, 2.75) is 13.0 Å². The third-order valence-electron chi connectivity index (χ3n) is 4.71. The number of methoxy groups -OCH3 is 1. The van der Waals surface area contributed by atoms with Crippen LogP contribution < -0.4 is 14.9 Å². The summed E-state index contributed by atoms with van der Waals surface area (Å²) < 4.78 is 7.10. The van der Waals surface area contributed by atoms with Gasteiger partial charge in [-0.05, 0) is 36.3 Å². The zero-order chi connectivity index (χ0) is 20.5. The molecule has 0 fully saturated rings. The first kappa shape index (κ1) is 19.4. The number of hydrogen-bond donors (Lipinski definition) is 0. The average molecular weight is 425 g/mol. The van der Waals surface area contributed by atoms with E-state index in [-0.39, 0.29) is 5.56 Å². The number of ether oxygens (including phenoxy) is 1. The number of carbonyl (C=O) groups is 1. The maximum Gasteiger partial charge on any atom is 0.338 e. The maximum absolute atomic E-state index is 13.3. The van der Waals surface area contributed by atoms with E-state index in [1.165, 1.54) is 18.4 Å². The molecule has 4 rings (SSSR count). The van der Waals surface area contributed by atoms with Crippen LogP contribution in [-0.4, -0.2) is 17.6 Å². The molecular weight excluding hydrogens is 408 g/mol. The molecule has 0 saturated carbocycles. The zero-order valence-electron chi connectivity index (χ0n) is 15.8. The minimum absolute atomic E-state index is 0.202. The topological polar surface area (TPSA) is 60.7 Å². The zero-order valence-corrected chi connectivity index (χ0v) is 17.3. The Balaban J connectivity index is 1.99. The molecule has 1 aromatic heterocycles. The van der Waals surface area contributed by atoms with Crippen molar-refractivity contribution >= 4 is 35.0 Å². The van der Waals surface area contributed by atoms with E-state index in [0.29, 0.717) is 25.6 Å². The lowest BCUT2D eigenvalue weighted by molar-refractivity contribution is -0.136. The first-order valence-electron chi connectivity index (χ1n) is 8.91. The molecule has 3 aromatic rings. The summed E-state index contributed by atoms with van der Waals surface area (Å²) in [5.74, 6) is -0.511. The molecule has 1 aliphatic rings. The van der Waals surface area contributed by atoms with Gasteiger partial charge in [0.25, 0.3) is 5.56 Å². The van der Waals surface area contributed by atoms with Crippen LogP contribution in [0.4, 0.5) is 0 Å². The highest BCUT2D eigenvalue weighted by atomic mass is 35.5. The van der Waals surface area contributed by atoms with Crippen LogP contribution in [0.15, 0.2) is 75.7 Å². The van der Waals surface area contributed by atoms with E-state index in [9.17, 15) is 9.59 Å². The van der Waals surface area contributed by atoms with Crippen molar-refractivity contribution < 1.29 is 9.53 Å². The number of benzene rings is 2. The Morgan fingerprint density at radius 2 is 1.86 bits per heavy atom. The third-order valence-corrected chi connectivity index (χ3v) is 5.94. The molecule has 1 atom stereocenters.